The number of ketones is 1. The van der Waals surface area contributed by atoms with Crippen molar-refractivity contribution in [1.82, 2.24) is 14.6 Å². The Morgan fingerprint density at radius 2 is 1.82 bits per heavy atom. The van der Waals surface area contributed by atoms with Crippen molar-refractivity contribution in [2.75, 3.05) is 0 Å². The molecule has 8 heteroatoms. The number of nitrogens with zero attached hydrogens (tertiary/aromatic N) is 3. The number of hydrogen-bond donors (Lipinski definition) is 0. The molecule has 0 N–H and O–H groups in total. The normalized spacial score (nSPS) is 16.1. The molecule has 0 radical (unpaired) electrons. The third-order valence-electron chi connectivity index (χ3n) is 5.06. The smallest absolute Gasteiger partial charge is 0.340 e. The van der Waals surface area contributed by atoms with E-state index in [0.29, 0.717) is 12.8 Å². The lowest BCUT2D eigenvalue weighted by atomic mass is 9.89. The van der Waals surface area contributed by atoms with Gasteiger partial charge >= 0.3 is 5.97 Å². The molecular weight excluding hydrogens is 368 g/mol. The number of halogens is 2. The van der Waals surface area contributed by atoms with Crippen LogP contribution in [0.5, 0.6) is 0 Å². The summed E-state index contributed by atoms with van der Waals surface area (Å²) in [5.41, 5.74) is 0.535. The van der Waals surface area contributed by atoms with Gasteiger partial charge in [-0.05, 0) is 37.5 Å². The summed E-state index contributed by atoms with van der Waals surface area (Å²) in [7, 11) is 0. The highest BCUT2D eigenvalue weighted by molar-refractivity contribution is 5.99. The van der Waals surface area contributed by atoms with Crippen molar-refractivity contribution < 1.29 is 23.1 Å². The Hall–Kier alpha value is -3.16. The minimum atomic E-state index is -2.83. The molecule has 0 amide bonds. The second-order valence-corrected chi connectivity index (χ2v) is 6.86. The molecule has 1 unspecified atom stereocenters. The van der Waals surface area contributed by atoms with Crippen LogP contribution in [-0.4, -0.2) is 32.5 Å². The van der Waals surface area contributed by atoms with E-state index in [1.807, 2.05) is 30.3 Å². The SMILES string of the molecule is CC(OC(=O)c1ccc2nnc(C(F)F)n2c1)C(=O)C1(c2ccccc2)CC1. The van der Waals surface area contributed by atoms with E-state index < -0.39 is 29.7 Å². The standard InChI is InChI=1S/C20H17F2N3O3/c1-12(16(26)20(9-10-20)14-5-3-2-4-6-14)28-19(27)13-7-8-15-23-24-18(17(21)22)25(15)11-13/h2-8,11-12,17H,9-10H2,1H3. The molecular formula is C20H17F2N3O3. The Morgan fingerprint density at radius 1 is 1.11 bits per heavy atom. The molecule has 1 aliphatic carbocycles. The molecule has 1 atom stereocenters. The van der Waals surface area contributed by atoms with E-state index in [9.17, 15) is 18.4 Å². The van der Waals surface area contributed by atoms with E-state index in [1.54, 1.807) is 0 Å². The average molecular weight is 385 g/mol. The molecule has 0 bridgehead atoms. The van der Waals surface area contributed by atoms with E-state index in [2.05, 4.69) is 10.2 Å². The van der Waals surface area contributed by atoms with Crippen molar-refractivity contribution in [2.24, 2.45) is 0 Å². The van der Waals surface area contributed by atoms with Gasteiger partial charge in [-0.25, -0.2) is 13.6 Å². The fraction of sp³-hybridized carbons (Fsp3) is 0.300. The predicted octanol–water partition coefficient (Wildman–Crippen LogP) is 3.51. The first-order chi connectivity index (χ1) is 13.4. The fourth-order valence-electron chi connectivity index (χ4n) is 3.41. The quantitative estimate of drug-likeness (QED) is 0.607. The van der Waals surface area contributed by atoms with Crippen LogP contribution in [0.2, 0.25) is 0 Å². The van der Waals surface area contributed by atoms with Gasteiger partial charge in [-0.1, -0.05) is 30.3 Å². The molecule has 28 heavy (non-hydrogen) atoms. The molecule has 3 aromatic rings. The summed E-state index contributed by atoms with van der Waals surface area (Å²) in [6.45, 7) is 1.53. The van der Waals surface area contributed by atoms with Crippen LogP contribution in [0.4, 0.5) is 8.78 Å². The van der Waals surface area contributed by atoms with E-state index in [1.165, 1.54) is 25.3 Å². The minimum Gasteiger partial charge on any atom is -0.451 e. The van der Waals surface area contributed by atoms with Crippen molar-refractivity contribution in [2.45, 2.75) is 37.7 Å². The number of carbonyl (C=O) groups excluding carboxylic acids is 2. The molecule has 144 valence electrons. The van der Waals surface area contributed by atoms with Crippen molar-refractivity contribution in [3.05, 3.63) is 65.6 Å². The van der Waals surface area contributed by atoms with Gasteiger partial charge in [0.2, 0.25) is 5.82 Å². The Kier molecular flexibility index (Phi) is 4.41. The van der Waals surface area contributed by atoms with E-state index in [-0.39, 0.29) is 17.0 Å². The number of pyridine rings is 1. The zero-order chi connectivity index (χ0) is 19.9. The summed E-state index contributed by atoms with van der Waals surface area (Å²) >= 11 is 0. The number of rotatable bonds is 6. The summed E-state index contributed by atoms with van der Waals surface area (Å²) in [5, 5.41) is 7.05. The largest absolute Gasteiger partial charge is 0.451 e. The Morgan fingerprint density at radius 3 is 2.46 bits per heavy atom. The summed E-state index contributed by atoms with van der Waals surface area (Å²) < 4.78 is 32.4. The maximum absolute atomic E-state index is 13.0. The van der Waals surface area contributed by atoms with Crippen LogP contribution in [0.3, 0.4) is 0 Å². The molecule has 1 fully saturated rings. The van der Waals surface area contributed by atoms with Crippen molar-refractivity contribution >= 4 is 17.4 Å². The van der Waals surface area contributed by atoms with Gasteiger partial charge < -0.3 is 4.74 Å². The number of esters is 1. The number of carbonyl (C=O) groups is 2. The van der Waals surface area contributed by atoms with Gasteiger partial charge in [-0.3, -0.25) is 9.20 Å². The Balaban J connectivity index is 1.53. The van der Waals surface area contributed by atoms with Crippen LogP contribution < -0.4 is 0 Å². The van der Waals surface area contributed by atoms with E-state index >= 15 is 0 Å². The van der Waals surface area contributed by atoms with Crippen LogP contribution in [0.15, 0.2) is 48.7 Å². The number of alkyl halides is 2. The lowest BCUT2D eigenvalue weighted by molar-refractivity contribution is -0.129. The van der Waals surface area contributed by atoms with Crippen LogP contribution in [0, 0.1) is 0 Å². The number of ether oxygens (including phenoxy) is 1. The van der Waals surface area contributed by atoms with Crippen LogP contribution in [0.1, 0.15) is 47.9 Å². The van der Waals surface area contributed by atoms with Gasteiger partial charge in [0.1, 0.15) is 0 Å². The van der Waals surface area contributed by atoms with Gasteiger partial charge in [0.15, 0.2) is 17.5 Å². The van der Waals surface area contributed by atoms with Crippen molar-refractivity contribution in [3.8, 4) is 0 Å². The lowest BCUT2D eigenvalue weighted by Crippen LogP contribution is -2.34. The first-order valence-electron chi connectivity index (χ1n) is 8.86. The molecule has 4 rings (SSSR count). The molecule has 1 aliphatic rings. The summed E-state index contributed by atoms with van der Waals surface area (Å²) in [4.78, 5) is 25.4. The monoisotopic (exact) mass is 385 g/mol. The van der Waals surface area contributed by atoms with E-state index in [0.717, 1.165) is 9.96 Å². The first-order valence-corrected chi connectivity index (χ1v) is 8.86. The third kappa shape index (κ3) is 3.04. The number of aromatic nitrogens is 3. The minimum absolute atomic E-state index is 0.0402. The summed E-state index contributed by atoms with van der Waals surface area (Å²) in [6.07, 6.45) is -1.17. The zero-order valence-corrected chi connectivity index (χ0v) is 15.0. The van der Waals surface area contributed by atoms with Crippen molar-refractivity contribution in [3.63, 3.8) is 0 Å². The summed E-state index contributed by atoms with van der Waals surface area (Å²) in [6, 6.07) is 12.2. The number of fused-ring (bicyclic) bond motifs is 1. The molecule has 1 aromatic carbocycles. The highest BCUT2D eigenvalue weighted by Gasteiger charge is 2.53. The fourth-order valence-corrected chi connectivity index (χ4v) is 3.41. The Bertz CT molecular complexity index is 1050. The molecule has 2 aromatic heterocycles. The number of Topliss-reactive ketones (excluding diaryl/α,β-unsaturated/α-hetero) is 1. The van der Waals surface area contributed by atoms with Gasteiger partial charge in [0.25, 0.3) is 6.43 Å². The molecule has 0 aliphatic heterocycles. The molecule has 0 spiro atoms. The van der Waals surface area contributed by atoms with Gasteiger partial charge in [0, 0.05) is 6.20 Å². The number of benzene rings is 1. The van der Waals surface area contributed by atoms with Gasteiger partial charge in [-0.15, -0.1) is 10.2 Å². The second-order valence-electron chi connectivity index (χ2n) is 6.86. The first kappa shape index (κ1) is 18.2. The van der Waals surface area contributed by atoms with Crippen LogP contribution in [-0.2, 0) is 14.9 Å². The molecule has 2 heterocycles. The van der Waals surface area contributed by atoms with Crippen LogP contribution >= 0.6 is 0 Å². The highest BCUT2D eigenvalue weighted by Crippen LogP contribution is 2.49. The third-order valence-corrected chi connectivity index (χ3v) is 5.06. The molecule has 6 nitrogen and oxygen atoms in total. The highest BCUT2D eigenvalue weighted by atomic mass is 19.3. The lowest BCUT2D eigenvalue weighted by Gasteiger charge is -2.20. The van der Waals surface area contributed by atoms with E-state index in [4.69, 9.17) is 4.74 Å². The predicted molar refractivity (Wildman–Crippen MR) is 95.2 cm³/mol. The summed E-state index contributed by atoms with van der Waals surface area (Å²) in [5.74, 6) is -1.49. The zero-order valence-electron chi connectivity index (χ0n) is 15.0. The maximum atomic E-state index is 13.0. The molecule has 0 saturated heterocycles. The molecule has 1 saturated carbocycles. The van der Waals surface area contributed by atoms with Crippen LogP contribution in [0.25, 0.3) is 5.65 Å². The Labute approximate surface area is 159 Å². The average Bonchev–Trinajstić information content (AvgIpc) is 3.40. The van der Waals surface area contributed by atoms with Crippen molar-refractivity contribution in [1.29, 1.82) is 0 Å². The van der Waals surface area contributed by atoms with Gasteiger partial charge in [0.05, 0.1) is 11.0 Å². The number of hydrogen-bond acceptors (Lipinski definition) is 5. The maximum Gasteiger partial charge on any atom is 0.340 e. The second kappa shape index (κ2) is 6.78. The topological polar surface area (TPSA) is 73.6 Å². The van der Waals surface area contributed by atoms with Gasteiger partial charge in [-0.2, -0.15) is 0 Å².